The number of hydrogen-bond acceptors (Lipinski definition) is 3. The van der Waals surface area contributed by atoms with Crippen LogP contribution in [0.5, 0.6) is 0 Å². The predicted molar refractivity (Wildman–Crippen MR) is 80.1 cm³/mol. The standard InChI is InChI=1S/C15H22BrNO2/c1-2-17(9-12-7-8-19-11-12)10-15(18)13-3-5-14(16)6-4-13/h3-6,12,15,18H,2,7-11H2,1H3/t12-,15-/m1/s1. The van der Waals surface area contributed by atoms with Crippen LogP contribution in [0, 0.1) is 5.92 Å². The van der Waals surface area contributed by atoms with Crippen molar-refractivity contribution in [1.29, 1.82) is 0 Å². The number of halogens is 1. The fraction of sp³-hybridized carbons (Fsp3) is 0.600. The molecule has 106 valence electrons. The average Bonchev–Trinajstić information content (AvgIpc) is 2.91. The maximum atomic E-state index is 10.3. The summed E-state index contributed by atoms with van der Waals surface area (Å²) in [5, 5.41) is 10.3. The van der Waals surface area contributed by atoms with E-state index in [0.717, 1.165) is 42.8 Å². The summed E-state index contributed by atoms with van der Waals surface area (Å²) >= 11 is 3.41. The van der Waals surface area contributed by atoms with Gasteiger partial charge in [0.15, 0.2) is 0 Å². The molecule has 1 aliphatic heterocycles. The lowest BCUT2D eigenvalue weighted by atomic mass is 10.1. The van der Waals surface area contributed by atoms with Gasteiger partial charge in [0.2, 0.25) is 0 Å². The van der Waals surface area contributed by atoms with Crippen molar-refractivity contribution in [2.24, 2.45) is 5.92 Å². The van der Waals surface area contributed by atoms with Crippen molar-refractivity contribution in [3.05, 3.63) is 34.3 Å². The van der Waals surface area contributed by atoms with Crippen LogP contribution >= 0.6 is 15.9 Å². The van der Waals surface area contributed by atoms with E-state index < -0.39 is 6.10 Å². The number of nitrogens with zero attached hydrogens (tertiary/aromatic N) is 1. The minimum Gasteiger partial charge on any atom is -0.387 e. The Balaban J connectivity index is 1.87. The van der Waals surface area contributed by atoms with Crippen LogP contribution in [0.15, 0.2) is 28.7 Å². The minimum atomic E-state index is -0.421. The maximum absolute atomic E-state index is 10.3. The molecule has 4 heteroatoms. The fourth-order valence-electron chi connectivity index (χ4n) is 2.46. The number of hydrogen-bond donors (Lipinski definition) is 1. The van der Waals surface area contributed by atoms with Gasteiger partial charge < -0.3 is 14.7 Å². The van der Waals surface area contributed by atoms with Gasteiger partial charge in [0.05, 0.1) is 12.7 Å². The quantitative estimate of drug-likeness (QED) is 0.872. The van der Waals surface area contributed by atoms with Gasteiger partial charge in [0.1, 0.15) is 0 Å². The normalized spacial score (nSPS) is 20.9. The Morgan fingerprint density at radius 3 is 2.74 bits per heavy atom. The molecule has 1 aliphatic rings. The van der Waals surface area contributed by atoms with Gasteiger partial charge in [0.25, 0.3) is 0 Å². The second kappa shape index (κ2) is 7.39. The molecule has 19 heavy (non-hydrogen) atoms. The summed E-state index contributed by atoms with van der Waals surface area (Å²) in [6.07, 6.45) is 0.723. The van der Waals surface area contributed by atoms with Crippen LogP contribution in [-0.2, 0) is 4.74 Å². The third-order valence-electron chi connectivity index (χ3n) is 3.67. The van der Waals surface area contributed by atoms with Gasteiger partial charge >= 0.3 is 0 Å². The highest BCUT2D eigenvalue weighted by Gasteiger charge is 2.20. The van der Waals surface area contributed by atoms with Crippen LogP contribution in [-0.4, -0.2) is 42.9 Å². The molecule has 2 rings (SSSR count). The summed E-state index contributed by atoms with van der Waals surface area (Å²) in [4.78, 5) is 2.31. The Hall–Kier alpha value is -0.420. The first kappa shape index (κ1) is 15.0. The third-order valence-corrected chi connectivity index (χ3v) is 4.20. The summed E-state index contributed by atoms with van der Waals surface area (Å²) in [5.41, 5.74) is 0.976. The molecule has 0 radical (unpaired) electrons. The Labute approximate surface area is 123 Å². The first-order valence-corrected chi connectivity index (χ1v) is 7.72. The highest BCUT2D eigenvalue weighted by molar-refractivity contribution is 9.10. The van der Waals surface area contributed by atoms with Crippen LogP contribution in [0.1, 0.15) is 25.0 Å². The van der Waals surface area contributed by atoms with Crippen LogP contribution in [0.2, 0.25) is 0 Å². The molecule has 3 nitrogen and oxygen atoms in total. The van der Waals surface area contributed by atoms with Crippen LogP contribution in [0.25, 0.3) is 0 Å². The Kier molecular flexibility index (Phi) is 5.82. The monoisotopic (exact) mass is 327 g/mol. The number of aliphatic hydroxyl groups is 1. The molecular weight excluding hydrogens is 306 g/mol. The molecule has 1 aromatic rings. The highest BCUT2D eigenvalue weighted by atomic mass is 79.9. The van der Waals surface area contributed by atoms with Crippen molar-refractivity contribution in [2.45, 2.75) is 19.4 Å². The molecule has 1 aromatic carbocycles. The molecule has 2 atom stereocenters. The average molecular weight is 328 g/mol. The van der Waals surface area contributed by atoms with Crippen LogP contribution in [0.3, 0.4) is 0 Å². The molecule has 0 amide bonds. The van der Waals surface area contributed by atoms with Gasteiger partial charge in [0, 0.05) is 24.2 Å². The number of benzene rings is 1. The van der Waals surface area contributed by atoms with E-state index in [-0.39, 0.29) is 0 Å². The van der Waals surface area contributed by atoms with Crippen molar-refractivity contribution in [1.82, 2.24) is 4.90 Å². The molecule has 0 aromatic heterocycles. The van der Waals surface area contributed by atoms with Crippen LogP contribution in [0.4, 0.5) is 0 Å². The van der Waals surface area contributed by atoms with Gasteiger partial charge in [-0.05, 0) is 36.6 Å². The van der Waals surface area contributed by atoms with E-state index in [1.165, 1.54) is 0 Å². The third kappa shape index (κ3) is 4.56. The number of ether oxygens (including phenoxy) is 1. The number of aliphatic hydroxyl groups excluding tert-OH is 1. The highest BCUT2D eigenvalue weighted by Crippen LogP contribution is 2.19. The van der Waals surface area contributed by atoms with Crippen molar-refractivity contribution in [2.75, 3.05) is 32.8 Å². The van der Waals surface area contributed by atoms with E-state index in [4.69, 9.17) is 4.74 Å². The van der Waals surface area contributed by atoms with Gasteiger partial charge in [-0.2, -0.15) is 0 Å². The van der Waals surface area contributed by atoms with Crippen molar-refractivity contribution >= 4 is 15.9 Å². The first-order valence-electron chi connectivity index (χ1n) is 6.92. The molecule has 1 saturated heterocycles. The first-order chi connectivity index (χ1) is 9.19. The Morgan fingerprint density at radius 2 is 2.16 bits per heavy atom. The van der Waals surface area contributed by atoms with Crippen molar-refractivity contribution in [3.8, 4) is 0 Å². The Bertz CT molecular complexity index is 376. The van der Waals surface area contributed by atoms with Gasteiger partial charge in [-0.15, -0.1) is 0 Å². The van der Waals surface area contributed by atoms with Gasteiger partial charge in [-0.3, -0.25) is 0 Å². The molecule has 0 aliphatic carbocycles. The lowest BCUT2D eigenvalue weighted by Crippen LogP contribution is -2.33. The molecule has 0 spiro atoms. The Morgan fingerprint density at radius 1 is 1.42 bits per heavy atom. The molecule has 0 bridgehead atoms. The second-order valence-electron chi connectivity index (χ2n) is 5.15. The number of rotatable bonds is 6. The van der Waals surface area contributed by atoms with Crippen LogP contribution < -0.4 is 0 Å². The fourth-order valence-corrected chi connectivity index (χ4v) is 2.72. The van der Waals surface area contributed by atoms with E-state index in [1.807, 2.05) is 24.3 Å². The lowest BCUT2D eigenvalue weighted by Gasteiger charge is -2.26. The molecule has 0 unspecified atom stereocenters. The largest absolute Gasteiger partial charge is 0.387 e. The molecule has 1 heterocycles. The summed E-state index contributed by atoms with van der Waals surface area (Å²) in [6.45, 7) is 6.56. The summed E-state index contributed by atoms with van der Waals surface area (Å²) in [5.74, 6) is 0.622. The van der Waals surface area contributed by atoms with Crippen molar-refractivity contribution < 1.29 is 9.84 Å². The van der Waals surface area contributed by atoms with Crippen molar-refractivity contribution in [3.63, 3.8) is 0 Å². The molecule has 0 saturated carbocycles. The zero-order valence-electron chi connectivity index (χ0n) is 11.4. The maximum Gasteiger partial charge on any atom is 0.0916 e. The predicted octanol–water partition coefficient (Wildman–Crippen LogP) is 2.84. The molecular formula is C15H22BrNO2. The zero-order chi connectivity index (χ0) is 13.7. The van der Waals surface area contributed by atoms with E-state index in [2.05, 4.69) is 27.8 Å². The minimum absolute atomic E-state index is 0.421. The smallest absolute Gasteiger partial charge is 0.0916 e. The van der Waals surface area contributed by atoms with Gasteiger partial charge in [-0.25, -0.2) is 0 Å². The SMILES string of the molecule is CCN(C[C@H]1CCOC1)C[C@@H](O)c1ccc(Br)cc1. The summed E-state index contributed by atoms with van der Waals surface area (Å²) in [7, 11) is 0. The second-order valence-corrected chi connectivity index (χ2v) is 6.06. The zero-order valence-corrected chi connectivity index (χ0v) is 13.0. The molecule has 1 N–H and O–H groups in total. The van der Waals surface area contributed by atoms with E-state index >= 15 is 0 Å². The van der Waals surface area contributed by atoms with E-state index in [9.17, 15) is 5.11 Å². The topological polar surface area (TPSA) is 32.7 Å². The van der Waals surface area contributed by atoms with E-state index in [0.29, 0.717) is 12.5 Å². The summed E-state index contributed by atoms with van der Waals surface area (Å²) < 4.78 is 6.45. The number of likely N-dealkylation sites (N-methyl/N-ethyl adjacent to an activating group) is 1. The summed E-state index contributed by atoms with van der Waals surface area (Å²) in [6, 6.07) is 7.89. The van der Waals surface area contributed by atoms with E-state index in [1.54, 1.807) is 0 Å². The molecule has 1 fully saturated rings. The van der Waals surface area contributed by atoms with Gasteiger partial charge in [-0.1, -0.05) is 35.0 Å². The lowest BCUT2D eigenvalue weighted by molar-refractivity contribution is 0.102.